The van der Waals surface area contributed by atoms with Gasteiger partial charge in [0, 0.05) is 22.9 Å². The zero-order valence-corrected chi connectivity index (χ0v) is 18.4. The molecule has 0 aliphatic carbocycles. The third kappa shape index (κ3) is 5.85. The number of halogens is 1. The molecule has 1 heterocycles. The molecular formula is C23H25ClN4S. The first-order chi connectivity index (χ1) is 14.1. The van der Waals surface area contributed by atoms with Gasteiger partial charge in [-0.3, -0.25) is 0 Å². The second-order valence-corrected chi connectivity index (χ2v) is 8.65. The van der Waals surface area contributed by atoms with Crippen LogP contribution in [-0.2, 0) is 12.3 Å². The molecular weight excluding hydrogens is 400 g/mol. The molecule has 2 aromatic carbocycles. The van der Waals surface area contributed by atoms with E-state index in [2.05, 4.69) is 34.7 Å². The third-order valence-corrected chi connectivity index (χ3v) is 6.10. The van der Waals surface area contributed by atoms with E-state index >= 15 is 0 Å². The molecule has 0 unspecified atom stereocenters. The van der Waals surface area contributed by atoms with Crippen molar-refractivity contribution in [3.05, 3.63) is 64.7 Å². The molecule has 0 bridgehead atoms. The largest absolute Gasteiger partial charge is 0.302 e. The van der Waals surface area contributed by atoms with E-state index in [-0.39, 0.29) is 0 Å². The van der Waals surface area contributed by atoms with Gasteiger partial charge in [-0.25, -0.2) is 0 Å². The average molecular weight is 425 g/mol. The predicted molar refractivity (Wildman–Crippen MR) is 120 cm³/mol. The smallest absolute Gasteiger partial charge is 0.191 e. The molecule has 6 heteroatoms. The highest BCUT2D eigenvalue weighted by molar-refractivity contribution is 7.98. The van der Waals surface area contributed by atoms with E-state index in [0.29, 0.717) is 16.5 Å². The summed E-state index contributed by atoms with van der Waals surface area (Å²) in [6, 6.07) is 17.6. The lowest BCUT2D eigenvalue weighted by atomic mass is 10.0. The van der Waals surface area contributed by atoms with Gasteiger partial charge in [-0.05, 0) is 54.3 Å². The first kappa shape index (κ1) is 21.4. The Labute approximate surface area is 181 Å². The summed E-state index contributed by atoms with van der Waals surface area (Å²) in [5, 5.41) is 19.6. The van der Waals surface area contributed by atoms with Gasteiger partial charge < -0.3 is 4.57 Å². The van der Waals surface area contributed by atoms with Crippen LogP contribution in [0.3, 0.4) is 0 Å². The minimum atomic E-state index is 0.547. The van der Waals surface area contributed by atoms with Crippen molar-refractivity contribution in [1.82, 2.24) is 14.8 Å². The van der Waals surface area contributed by atoms with Crippen LogP contribution in [0.1, 0.15) is 44.2 Å². The fourth-order valence-corrected chi connectivity index (χ4v) is 4.18. The number of benzene rings is 2. The van der Waals surface area contributed by atoms with Crippen LogP contribution < -0.4 is 0 Å². The zero-order chi connectivity index (χ0) is 20.6. The predicted octanol–water partition coefficient (Wildman–Crippen LogP) is 6.59. The summed E-state index contributed by atoms with van der Waals surface area (Å²) in [4.78, 5) is 0. The zero-order valence-electron chi connectivity index (χ0n) is 16.8. The molecule has 3 aromatic rings. The third-order valence-electron chi connectivity index (χ3n) is 4.81. The Bertz CT molecular complexity index is 958. The number of rotatable bonds is 9. The maximum atomic E-state index is 8.96. The molecule has 0 radical (unpaired) electrons. The van der Waals surface area contributed by atoms with E-state index in [1.807, 2.05) is 48.5 Å². The van der Waals surface area contributed by atoms with Gasteiger partial charge in [0.15, 0.2) is 11.0 Å². The molecule has 0 aliphatic rings. The van der Waals surface area contributed by atoms with Gasteiger partial charge >= 0.3 is 0 Å². The number of hydrogen-bond acceptors (Lipinski definition) is 4. The molecule has 0 fully saturated rings. The molecule has 0 N–H and O–H groups in total. The summed E-state index contributed by atoms with van der Waals surface area (Å²) < 4.78 is 2.23. The first-order valence-electron chi connectivity index (χ1n) is 9.91. The van der Waals surface area contributed by atoms with Crippen LogP contribution in [0, 0.1) is 17.2 Å². The molecule has 4 nitrogen and oxygen atoms in total. The van der Waals surface area contributed by atoms with Crippen LogP contribution in [0.2, 0.25) is 5.02 Å². The van der Waals surface area contributed by atoms with Gasteiger partial charge in [0.05, 0.1) is 11.6 Å². The topological polar surface area (TPSA) is 54.5 Å². The number of aromatic nitrogens is 3. The standard InChI is InChI=1S/C23H25ClN4S/c1-3-4-5-17(2)15-28-22(20-10-12-21(24)13-11-20)26-27-23(28)29-16-19-8-6-18(14-25)7-9-19/h6-13,17H,3-5,15-16H2,1-2H3/t17-/m0/s1. The Morgan fingerprint density at radius 3 is 2.48 bits per heavy atom. The molecule has 0 spiro atoms. The summed E-state index contributed by atoms with van der Waals surface area (Å²) in [6.07, 6.45) is 3.62. The molecule has 0 saturated heterocycles. The van der Waals surface area contributed by atoms with Gasteiger partial charge in [0.2, 0.25) is 0 Å². The van der Waals surface area contributed by atoms with Crippen LogP contribution in [0.4, 0.5) is 0 Å². The Morgan fingerprint density at radius 2 is 1.83 bits per heavy atom. The van der Waals surface area contributed by atoms with E-state index in [1.165, 1.54) is 19.3 Å². The highest BCUT2D eigenvalue weighted by Gasteiger charge is 2.17. The van der Waals surface area contributed by atoms with E-state index < -0.39 is 0 Å². The Balaban J connectivity index is 1.82. The lowest BCUT2D eigenvalue weighted by Gasteiger charge is -2.16. The lowest BCUT2D eigenvalue weighted by Crippen LogP contribution is -2.10. The van der Waals surface area contributed by atoms with Gasteiger partial charge in [0.25, 0.3) is 0 Å². The number of unbranched alkanes of at least 4 members (excludes halogenated alkanes) is 1. The molecule has 29 heavy (non-hydrogen) atoms. The summed E-state index contributed by atoms with van der Waals surface area (Å²) >= 11 is 7.74. The summed E-state index contributed by atoms with van der Waals surface area (Å²) in [5.41, 5.74) is 2.86. The fourth-order valence-electron chi connectivity index (χ4n) is 3.15. The van der Waals surface area contributed by atoms with Gasteiger partial charge in [-0.15, -0.1) is 10.2 Å². The number of nitrogens with zero attached hydrogens (tertiary/aromatic N) is 4. The summed E-state index contributed by atoms with van der Waals surface area (Å²) in [7, 11) is 0. The first-order valence-corrected chi connectivity index (χ1v) is 11.3. The lowest BCUT2D eigenvalue weighted by molar-refractivity contribution is 0.421. The van der Waals surface area contributed by atoms with E-state index in [0.717, 1.165) is 34.4 Å². The maximum Gasteiger partial charge on any atom is 0.191 e. The van der Waals surface area contributed by atoms with Crippen molar-refractivity contribution in [2.24, 2.45) is 5.92 Å². The molecule has 150 valence electrons. The summed E-state index contributed by atoms with van der Waals surface area (Å²) in [5.74, 6) is 2.21. The van der Waals surface area contributed by atoms with E-state index in [9.17, 15) is 0 Å². The Hall–Kier alpha value is -2.29. The summed E-state index contributed by atoms with van der Waals surface area (Å²) in [6.45, 7) is 5.40. The molecule has 1 aromatic heterocycles. The van der Waals surface area contributed by atoms with Crippen molar-refractivity contribution >= 4 is 23.4 Å². The highest BCUT2D eigenvalue weighted by Crippen LogP contribution is 2.29. The van der Waals surface area contributed by atoms with Gasteiger partial charge in [-0.2, -0.15) is 5.26 Å². The molecule has 0 amide bonds. The van der Waals surface area contributed by atoms with Crippen LogP contribution in [0.25, 0.3) is 11.4 Å². The van der Waals surface area contributed by atoms with E-state index in [4.69, 9.17) is 16.9 Å². The van der Waals surface area contributed by atoms with Gasteiger partial charge in [-0.1, -0.05) is 62.2 Å². The van der Waals surface area contributed by atoms with Crippen molar-refractivity contribution in [2.75, 3.05) is 0 Å². The van der Waals surface area contributed by atoms with Crippen LogP contribution in [-0.4, -0.2) is 14.8 Å². The minimum absolute atomic E-state index is 0.547. The normalized spacial score (nSPS) is 11.9. The SMILES string of the molecule is CCCC[C@H](C)Cn1c(SCc2ccc(C#N)cc2)nnc1-c1ccc(Cl)cc1. The Kier molecular flexibility index (Phi) is 7.74. The number of hydrogen-bond donors (Lipinski definition) is 0. The quantitative estimate of drug-likeness (QED) is 0.363. The van der Waals surface area contributed by atoms with Crippen LogP contribution in [0.5, 0.6) is 0 Å². The fraction of sp³-hybridized carbons (Fsp3) is 0.348. The molecule has 0 aliphatic heterocycles. The van der Waals surface area contributed by atoms with Gasteiger partial charge in [0.1, 0.15) is 0 Å². The molecule has 1 atom stereocenters. The number of nitriles is 1. The van der Waals surface area contributed by atoms with Crippen molar-refractivity contribution in [1.29, 1.82) is 5.26 Å². The second-order valence-electron chi connectivity index (χ2n) is 7.27. The molecule has 3 rings (SSSR count). The number of thioether (sulfide) groups is 1. The van der Waals surface area contributed by atoms with Crippen molar-refractivity contribution < 1.29 is 0 Å². The Morgan fingerprint density at radius 1 is 1.10 bits per heavy atom. The minimum Gasteiger partial charge on any atom is -0.302 e. The van der Waals surface area contributed by atoms with Crippen LogP contribution >= 0.6 is 23.4 Å². The monoisotopic (exact) mass is 424 g/mol. The average Bonchev–Trinajstić information content (AvgIpc) is 3.14. The highest BCUT2D eigenvalue weighted by atomic mass is 35.5. The van der Waals surface area contributed by atoms with Crippen molar-refractivity contribution in [2.45, 2.75) is 50.6 Å². The van der Waals surface area contributed by atoms with Crippen molar-refractivity contribution in [3.63, 3.8) is 0 Å². The van der Waals surface area contributed by atoms with Crippen LogP contribution in [0.15, 0.2) is 53.7 Å². The van der Waals surface area contributed by atoms with Crippen molar-refractivity contribution in [3.8, 4) is 17.5 Å². The maximum absolute atomic E-state index is 8.96. The second kappa shape index (κ2) is 10.5. The molecule has 0 saturated carbocycles. The van der Waals surface area contributed by atoms with E-state index in [1.54, 1.807) is 11.8 Å².